The van der Waals surface area contributed by atoms with E-state index in [9.17, 15) is 9.36 Å². The van der Waals surface area contributed by atoms with Crippen LogP contribution in [0, 0.1) is 0 Å². The van der Waals surface area contributed by atoms with Crippen LogP contribution in [0.25, 0.3) is 0 Å². The Bertz CT molecular complexity index is 236. The number of hydrogen-bond acceptors (Lipinski definition) is 2. The van der Waals surface area contributed by atoms with Crippen LogP contribution in [0.3, 0.4) is 0 Å². The first-order valence-corrected chi connectivity index (χ1v) is 5.05. The fraction of sp³-hybridized carbons (Fsp3) is 0.800. The van der Waals surface area contributed by atoms with Crippen LogP contribution >= 0.6 is 7.75 Å². The van der Waals surface area contributed by atoms with E-state index in [0.29, 0.717) is 12.8 Å². The van der Waals surface area contributed by atoms with Crippen molar-refractivity contribution in [1.82, 2.24) is 4.67 Å². The maximum atomic E-state index is 10.7. The van der Waals surface area contributed by atoms with Gasteiger partial charge in [-0.05, 0) is 12.8 Å². The molecule has 0 spiro atoms. The van der Waals surface area contributed by atoms with Gasteiger partial charge in [0.2, 0.25) is 0 Å². The molecule has 70 valence electrons. The SMILES string of the molecule is O=C(O)C1CCCN1P(=O)(O)O. The van der Waals surface area contributed by atoms with Crippen molar-refractivity contribution in [3.8, 4) is 0 Å². The number of aliphatic carboxylic acids is 1. The average molecular weight is 195 g/mol. The van der Waals surface area contributed by atoms with Crippen molar-refractivity contribution in [1.29, 1.82) is 0 Å². The zero-order valence-corrected chi connectivity index (χ0v) is 7.15. The lowest BCUT2D eigenvalue weighted by Gasteiger charge is -2.21. The number of rotatable bonds is 2. The molecule has 7 heteroatoms. The molecule has 0 aromatic heterocycles. The molecule has 0 saturated carbocycles. The fourth-order valence-corrected chi connectivity index (χ4v) is 2.29. The largest absolute Gasteiger partial charge is 0.480 e. The number of carbonyl (C=O) groups is 1. The molecule has 1 fully saturated rings. The summed E-state index contributed by atoms with van der Waals surface area (Å²) in [4.78, 5) is 27.9. The lowest BCUT2D eigenvalue weighted by molar-refractivity contribution is -0.141. The Morgan fingerprint density at radius 1 is 1.50 bits per heavy atom. The molecular weight excluding hydrogens is 185 g/mol. The van der Waals surface area contributed by atoms with Gasteiger partial charge in [0.25, 0.3) is 0 Å². The number of nitrogens with zero attached hydrogens (tertiary/aromatic N) is 1. The highest BCUT2D eigenvalue weighted by Crippen LogP contribution is 2.45. The molecule has 3 N–H and O–H groups in total. The summed E-state index contributed by atoms with van der Waals surface area (Å²) in [5, 5.41) is 8.56. The van der Waals surface area contributed by atoms with E-state index >= 15 is 0 Å². The van der Waals surface area contributed by atoms with Gasteiger partial charge in [0.05, 0.1) is 0 Å². The van der Waals surface area contributed by atoms with Crippen molar-refractivity contribution in [3.05, 3.63) is 0 Å². The lowest BCUT2D eigenvalue weighted by atomic mass is 10.2. The third-order valence-electron chi connectivity index (χ3n) is 1.84. The zero-order valence-electron chi connectivity index (χ0n) is 6.25. The Kier molecular flexibility index (Phi) is 2.53. The second kappa shape index (κ2) is 3.14. The summed E-state index contributed by atoms with van der Waals surface area (Å²) in [5.74, 6) is -1.17. The summed E-state index contributed by atoms with van der Waals surface area (Å²) < 4.78 is 11.4. The maximum Gasteiger partial charge on any atom is 0.403 e. The molecule has 0 aliphatic carbocycles. The Morgan fingerprint density at radius 3 is 2.42 bits per heavy atom. The average Bonchev–Trinajstić information content (AvgIpc) is 2.30. The Hall–Kier alpha value is -0.420. The number of carboxylic acids is 1. The summed E-state index contributed by atoms with van der Waals surface area (Å²) in [6, 6.07) is -1.02. The van der Waals surface area contributed by atoms with E-state index in [1.54, 1.807) is 0 Å². The minimum absolute atomic E-state index is 0.154. The van der Waals surface area contributed by atoms with Crippen LogP contribution in [0.15, 0.2) is 0 Å². The van der Waals surface area contributed by atoms with Crippen molar-refractivity contribution in [2.75, 3.05) is 6.54 Å². The zero-order chi connectivity index (χ0) is 9.35. The molecule has 1 aliphatic rings. The first kappa shape index (κ1) is 9.67. The molecule has 0 aromatic rings. The van der Waals surface area contributed by atoms with Gasteiger partial charge in [0.1, 0.15) is 6.04 Å². The Balaban J connectivity index is 2.78. The molecule has 1 rings (SSSR count). The molecule has 1 heterocycles. The number of carboxylic acid groups (broad SMARTS) is 1. The fourth-order valence-electron chi connectivity index (χ4n) is 1.31. The topological polar surface area (TPSA) is 98.1 Å². The molecule has 0 amide bonds. The Morgan fingerprint density at radius 2 is 2.08 bits per heavy atom. The highest BCUT2D eigenvalue weighted by atomic mass is 31.2. The smallest absolute Gasteiger partial charge is 0.403 e. The van der Waals surface area contributed by atoms with Crippen LogP contribution in [-0.4, -0.2) is 38.1 Å². The van der Waals surface area contributed by atoms with E-state index in [-0.39, 0.29) is 6.54 Å². The molecule has 1 aliphatic heterocycles. The van der Waals surface area contributed by atoms with Gasteiger partial charge in [-0.1, -0.05) is 0 Å². The van der Waals surface area contributed by atoms with E-state index in [1.807, 2.05) is 0 Å². The van der Waals surface area contributed by atoms with Crippen molar-refractivity contribution >= 4 is 13.7 Å². The van der Waals surface area contributed by atoms with Crippen LogP contribution in [0.5, 0.6) is 0 Å². The molecule has 6 nitrogen and oxygen atoms in total. The minimum atomic E-state index is -4.37. The van der Waals surface area contributed by atoms with Crippen molar-refractivity contribution in [3.63, 3.8) is 0 Å². The van der Waals surface area contributed by atoms with E-state index in [1.165, 1.54) is 0 Å². The summed E-state index contributed by atoms with van der Waals surface area (Å²) in [5.41, 5.74) is 0. The third-order valence-corrected chi connectivity index (χ3v) is 2.99. The quantitative estimate of drug-likeness (QED) is 0.520. The molecule has 0 radical (unpaired) electrons. The molecule has 12 heavy (non-hydrogen) atoms. The summed E-state index contributed by atoms with van der Waals surface area (Å²) in [6.07, 6.45) is 0.822. The maximum absolute atomic E-state index is 10.7. The van der Waals surface area contributed by atoms with Crippen LogP contribution in [-0.2, 0) is 9.36 Å². The van der Waals surface area contributed by atoms with Gasteiger partial charge in [-0.25, -0.2) is 4.57 Å². The van der Waals surface area contributed by atoms with Crippen LogP contribution in [0.4, 0.5) is 0 Å². The van der Waals surface area contributed by atoms with Crippen LogP contribution in [0.1, 0.15) is 12.8 Å². The molecule has 0 aromatic carbocycles. The summed E-state index contributed by atoms with van der Waals surface area (Å²) in [7, 11) is -4.37. The summed E-state index contributed by atoms with van der Waals surface area (Å²) >= 11 is 0. The highest BCUT2D eigenvalue weighted by molar-refractivity contribution is 7.49. The van der Waals surface area contributed by atoms with Crippen LogP contribution in [0.2, 0.25) is 0 Å². The van der Waals surface area contributed by atoms with E-state index < -0.39 is 19.8 Å². The second-order valence-corrected chi connectivity index (χ2v) is 4.21. The normalized spacial score (nSPS) is 26.0. The second-order valence-electron chi connectivity index (χ2n) is 2.67. The molecular formula is C5H10NO5P. The van der Waals surface area contributed by atoms with E-state index in [4.69, 9.17) is 14.9 Å². The third kappa shape index (κ3) is 1.84. The van der Waals surface area contributed by atoms with Gasteiger partial charge in [-0.15, -0.1) is 0 Å². The Labute approximate surface area is 69.0 Å². The molecule has 1 saturated heterocycles. The van der Waals surface area contributed by atoms with Crippen molar-refractivity contribution in [2.45, 2.75) is 18.9 Å². The molecule has 1 atom stereocenters. The minimum Gasteiger partial charge on any atom is -0.480 e. The first-order chi connectivity index (χ1) is 5.43. The van der Waals surface area contributed by atoms with Crippen molar-refractivity contribution in [2.24, 2.45) is 0 Å². The molecule has 1 unspecified atom stereocenters. The predicted molar refractivity (Wildman–Crippen MR) is 39.4 cm³/mol. The van der Waals surface area contributed by atoms with Crippen molar-refractivity contribution < 1.29 is 24.3 Å². The first-order valence-electron chi connectivity index (χ1n) is 3.48. The van der Waals surface area contributed by atoms with E-state index in [2.05, 4.69) is 0 Å². The predicted octanol–water partition coefficient (Wildman–Crippen LogP) is -0.372. The van der Waals surface area contributed by atoms with Gasteiger partial charge in [0, 0.05) is 6.54 Å². The summed E-state index contributed by atoms with van der Waals surface area (Å²) in [6.45, 7) is 0.154. The van der Waals surface area contributed by atoms with Gasteiger partial charge < -0.3 is 14.9 Å². The van der Waals surface area contributed by atoms with Gasteiger partial charge in [-0.2, -0.15) is 4.67 Å². The van der Waals surface area contributed by atoms with Gasteiger partial charge in [-0.3, -0.25) is 4.79 Å². The number of hydrogen-bond donors (Lipinski definition) is 3. The van der Waals surface area contributed by atoms with Gasteiger partial charge in [0.15, 0.2) is 0 Å². The lowest BCUT2D eigenvalue weighted by Crippen LogP contribution is -2.33. The molecule has 0 bridgehead atoms. The highest BCUT2D eigenvalue weighted by Gasteiger charge is 2.40. The standard InChI is InChI=1S/C5H10NO5P/c7-5(8)4-2-1-3-6(4)12(9,10)11/h4H,1-3H2,(H,7,8)(H2,9,10,11). The van der Waals surface area contributed by atoms with E-state index in [0.717, 1.165) is 4.67 Å². The monoisotopic (exact) mass is 195 g/mol. The van der Waals surface area contributed by atoms with Gasteiger partial charge >= 0.3 is 13.7 Å². The van der Waals surface area contributed by atoms with Crippen LogP contribution < -0.4 is 0 Å².